The summed E-state index contributed by atoms with van der Waals surface area (Å²) in [5.74, 6) is -0.271. The van der Waals surface area contributed by atoms with Gasteiger partial charge in [-0.1, -0.05) is 24.3 Å². The van der Waals surface area contributed by atoms with Crippen molar-refractivity contribution in [2.75, 3.05) is 7.05 Å². The van der Waals surface area contributed by atoms with Gasteiger partial charge in [0.05, 0.1) is 22.0 Å². The molecule has 0 saturated heterocycles. The molecule has 0 fully saturated rings. The summed E-state index contributed by atoms with van der Waals surface area (Å²) in [5, 5.41) is 5.19. The van der Waals surface area contributed by atoms with E-state index in [-0.39, 0.29) is 23.0 Å². The monoisotopic (exact) mass is 402 g/mol. The van der Waals surface area contributed by atoms with Crippen LogP contribution in [0.2, 0.25) is 0 Å². The van der Waals surface area contributed by atoms with Crippen LogP contribution in [0.1, 0.15) is 18.5 Å². The molecule has 1 heterocycles. The van der Waals surface area contributed by atoms with Gasteiger partial charge in [0.15, 0.2) is 0 Å². The summed E-state index contributed by atoms with van der Waals surface area (Å²) in [6, 6.07) is 13.0. The van der Waals surface area contributed by atoms with Gasteiger partial charge >= 0.3 is 5.69 Å². The van der Waals surface area contributed by atoms with Gasteiger partial charge in [0.25, 0.3) is 0 Å². The molecule has 0 radical (unpaired) electrons. The van der Waals surface area contributed by atoms with Crippen LogP contribution in [0.25, 0.3) is 11.0 Å². The smallest absolute Gasteiger partial charge is 0.329 e. The molecule has 28 heavy (non-hydrogen) atoms. The molecule has 0 aliphatic carbocycles. The number of hydrogen-bond donors (Lipinski definition) is 1. The Morgan fingerprint density at radius 2 is 1.79 bits per heavy atom. The number of nitrogens with two attached hydrogens (primary N) is 1. The predicted molar refractivity (Wildman–Crippen MR) is 106 cm³/mol. The summed E-state index contributed by atoms with van der Waals surface area (Å²) < 4.78 is 26.1. The van der Waals surface area contributed by atoms with Crippen molar-refractivity contribution in [2.24, 2.45) is 12.2 Å². The average molecular weight is 402 g/mol. The second-order valence-corrected chi connectivity index (χ2v) is 8.28. The number of likely N-dealkylation sites (N-methyl/N-ethyl adjacent to an activating group) is 1. The van der Waals surface area contributed by atoms with E-state index in [4.69, 9.17) is 5.14 Å². The van der Waals surface area contributed by atoms with Gasteiger partial charge in [0.1, 0.15) is 6.54 Å². The van der Waals surface area contributed by atoms with E-state index in [9.17, 15) is 18.0 Å². The fourth-order valence-corrected chi connectivity index (χ4v) is 3.72. The minimum absolute atomic E-state index is 0.0111. The number of sulfonamides is 1. The van der Waals surface area contributed by atoms with E-state index in [0.29, 0.717) is 11.1 Å². The number of nitrogens with zero attached hydrogens (tertiary/aromatic N) is 3. The maximum absolute atomic E-state index is 12.8. The summed E-state index contributed by atoms with van der Waals surface area (Å²) in [6.07, 6.45) is 0. The van der Waals surface area contributed by atoms with Crippen LogP contribution >= 0.6 is 0 Å². The van der Waals surface area contributed by atoms with Crippen LogP contribution in [0.3, 0.4) is 0 Å². The molecule has 2 N–H and O–H groups in total. The minimum atomic E-state index is -3.83. The van der Waals surface area contributed by atoms with E-state index in [1.165, 1.54) is 26.2 Å². The summed E-state index contributed by atoms with van der Waals surface area (Å²) in [7, 11) is -0.551. The van der Waals surface area contributed by atoms with E-state index < -0.39 is 16.1 Å². The SMILES string of the molecule is CC(c1cccc(S(N)(=O)=O)c1)N(C)C(=O)Cn1c(=O)n(C)c2ccccc21. The molecular weight excluding hydrogens is 380 g/mol. The number of aryl methyl sites for hydroxylation is 1. The quantitative estimate of drug-likeness (QED) is 0.692. The first kappa shape index (κ1) is 19.8. The molecule has 8 nitrogen and oxygen atoms in total. The van der Waals surface area contributed by atoms with Crippen LogP contribution in [-0.2, 0) is 28.4 Å². The number of aromatic nitrogens is 2. The molecule has 3 rings (SSSR count). The highest BCUT2D eigenvalue weighted by atomic mass is 32.2. The Morgan fingerprint density at radius 3 is 2.43 bits per heavy atom. The summed E-state index contributed by atoms with van der Waals surface area (Å²) in [6.45, 7) is 1.67. The molecule has 9 heteroatoms. The molecule has 1 aromatic heterocycles. The maximum Gasteiger partial charge on any atom is 0.329 e. The lowest BCUT2D eigenvalue weighted by Gasteiger charge is -2.26. The van der Waals surface area contributed by atoms with Crippen molar-refractivity contribution in [3.8, 4) is 0 Å². The highest BCUT2D eigenvalue weighted by molar-refractivity contribution is 7.89. The molecule has 3 aromatic rings. The molecule has 0 aliphatic heterocycles. The van der Waals surface area contributed by atoms with Gasteiger partial charge < -0.3 is 4.90 Å². The lowest BCUT2D eigenvalue weighted by atomic mass is 10.1. The Balaban J connectivity index is 1.88. The first-order valence-corrected chi connectivity index (χ1v) is 10.2. The zero-order chi connectivity index (χ0) is 20.6. The first-order valence-electron chi connectivity index (χ1n) is 8.64. The third-order valence-corrected chi connectivity index (χ3v) is 5.90. The highest BCUT2D eigenvalue weighted by Crippen LogP contribution is 2.22. The average Bonchev–Trinajstić information content (AvgIpc) is 2.91. The molecule has 1 unspecified atom stereocenters. The van der Waals surface area contributed by atoms with Crippen LogP contribution in [0.5, 0.6) is 0 Å². The van der Waals surface area contributed by atoms with Crippen LogP contribution < -0.4 is 10.8 Å². The maximum atomic E-state index is 12.8. The van der Waals surface area contributed by atoms with E-state index in [1.54, 1.807) is 39.2 Å². The number of carbonyl (C=O) groups is 1. The summed E-state index contributed by atoms with van der Waals surface area (Å²) >= 11 is 0. The zero-order valence-electron chi connectivity index (χ0n) is 15.9. The van der Waals surface area contributed by atoms with Crippen molar-refractivity contribution < 1.29 is 13.2 Å². The highest BCUT2D eigenvalue weighted by Gasteiger charge is 2.21. The Labute approximate surface area is 162 Å². The molecule has 148 valence electrons. The Hall–Kier alpha value is -2.91. The van der Waals surface area contributed by atoms with E-state index in [1.807, 2.05) is 18.2 Å². The number of benzene rings is 2. The molecule has 0 aliphatic rings. The lowest BCUT2D eigenvalue weighted by molar-refractivity contribution is -0.132. The number of imidazole rings is 1. The molecule has 1 atom stereocenters. The van der Waals surface area contributed by atoms with Gasteiger partial charge in [0.2, 0.25) is 15.9 Å². The van der Waals surface area contributed by atoms with Crippen molar-refractivity contribution >= 4 is 27.0 Å². The van der Waals surface area contributed by atoms with Crippen molar-refractivity contribution in [3.63, 3.8) is 0 Å². The fourth-order valence-electron chi connectivity index (χ4n) is 3.15. The first-order chi connectivity index (χ1) is 13.1. The third-order valence-electron chi connectivity index (χ3n) is 4.99. The van der Waals surface area contributed by atoms with E-state index in [0.717, 1.165) is 5.52 Å². The van der Waals surface area contributed by atoms with Gasteiger partial charge in [-0.2, -0.15) is 0 Å². The van der Waals surface area contributed by atoms with Crippen molar-refractivity contribution in [1.29, 1.82) is 0 Å². The van der Waals surface area contributed by atoms with E-state index in [2.05, 4.69) is 0 Å². The van der Waals surface area contributed by atoms with E-state index >= 15 is 0 Å². The topological polar surface area (TPSA) is 107 Å². The fraction of sp³-hybridized carbons (Fsp3) is 0.263. The summed E-state index contributed by atoms with van der Waals surface area (Å²) in [5.41, 5.74) is 1.79. The van der Waals surface area contributed by atoms with Crippen LogP contribution in [0, 0.1) is 0 Å². The molecule has 2 aromatic carbocycles. The number of rotatable bonds is 5. The number of primary sulfonamides is 1. The predicted octanol–water partition coefficient (Wildman–Crippen LogP) is 1.21. The number of hydrogen-bond acceptors (Lipinski definition) is 4. The normalized spacial score (nSPS) is 12.9. The second-order valence-electron chi connectivity index (χ2n) is 6.71. The van der Waals surface area contributed by atoms with Crippen molar-refractivity contribution in [1.82, 2.24) is 14.0 Å². The summed E-state index contributed by atoms with van der Waals surface area (Å²) in [4.78, 5) is 26.8. The van der Waals surface area contributed by atoms with Crippen LogP contribution in [-0.4, -0.2) is 35.4 Å². The van der Waals surface area contributed by atoms with Crippen LogP contribution in [0.15, 0.2) is 58.2 Å². The van der Waals surface area contributed by atoms with Gasteiger partial charge in [-0.15, -0.1) is 0 Å². The Kier molecular flexibility index (Phi) is 5.14. The number of carbonyl (C=O) groups excluding carboxylic acids is 1. The number of para-hydroxylation sites is 2. The number of amides is 1. The largest absolute Gasteiger partial charge is 0.337 e. The van der Waals surface area contributed by atoms with Gasteiger partial charge in [-0.05, 0) is 36.8 Å². The molecule has 1 amide bonds. The third kappa shape index (κ3) is 3.58. The minimum Gasteiger partial charge on any atom is -0.337 e. The van der Waals surface area contributed by atoms with Gasteiger partial charge in [0, 0.05) is 14.1 Å². The standard InChI is InChI=1S/C19H22N4O4S/c1-13(14-7-6-8-15(11-14)28(20,26)27)21(2)18(24)12-23-17-10-5-4-9-16(17)22(3)19(23)25/h4-11,13H,12H2,1-3H3,(H2,20,26,27). The number of fused-ring (bicyclic) bond motifs is 1. The Morgan fingerprint density at radius 1 is 1.14 bits per heavy atom. The van der Waals surface area contributed by atoms with Crippen molar-refractivity contribution in [2.45, 2.75) is 24.4 Å². The second kappa shape index (κ2) is 7.25. The van der Waals surface area contributed by atoms with Gasteiger partial charge in [-0.25, -0.2) is 18.4 Å². The Bertz CT molecular complexity index is 1210. The van der Waals surface area contributed by atoms with Crippen molar-refractivity contribution in [3.05, 3.63) is 64.6 Å². The van der Waals surface area contributed by atoms with Gasteiger partial charge in [-0.3, -0.25) is 13.9 Å². The molecule has 0 bridgehead atoms. The zero-order valence-corrected chi connectivity index (χ0v) is 16.7. The molecule has 0 spiro atoms. The molecular formula is C19H22N4O4S. The molecule has 0 saturated carbocycles. The lowest BCUT2D eigenvalue weighted by Crippen LogP contribution is -2.35. The van der Waals surface area contributed by atoms with Crippen LogP contribution in [0.4, 0.5) is 0 Å².